The van der Waals surface area contributed by atoms with E-state index in [1.165, 1.54) is 30.5 Å². The molecule has 0 spiro atoms. The number of hydrazone groups is 1. The molecule has 0 saturated carbocycles. The van der Waals surface area contributed by atoms with Crippen LogP contribution in [0.25, 0.3) is 0 Å². The number of ether oxygens (including phenoxy) is 1. The zero-order chi connectivity index (χ0) is 28.8. The van der Waals surface area contributed by atoms with Crippen molar-refractivity contribution in [3.8, 4) is 11.5 Å². The van der Waals surface area contributed by atoms with Crippen LogP contribution >= 0.6 is 15.9 Å². The molecule has 0 heterocycles. The summed E-state index contributed by atoms with van der Waals surface area (Å²) in [6, 6.07) is 11.3. The van der Waals surface area contributed by atoms with Crippen molar-refractivity contribution in [3.63, 3.8) is 0 Å². The molecule has 0 unspecified atom stereocenters. The second-order valence-corrected chi connectivity index (χ2v) is 10.1. The lowest BCUT2D eigenvalue weighted by molar-refractivity contribution is -0.384. The van der Waals surface area contributed by atoms with Crippen LogP contribution in [-0.2, 0) is 27.5 Å². The minimum atomic E-state index is -4.53. The zero-order valence-electron chi connectivity index (χ0n) is 19.9. The summed E-state index contributed by atoms with van der Waals surface area (Å²) in [6.45, 7) is 1.78. The van der Waals surface area contributed by atoms with Crippen molar-refractivity contribution in [2.75, 3.05) is 6.61 Å². The molecule has 3 rings (SSSR count). The first-order valence-electron chi connectivity index (χ1n) is 10.9. The third-order valence-corrected chi connectivity index (χ3v) is 6.71. The number of hydrogen-bond acceptors (Lipinski definition) is 8. The van der Waals surface area contributed by atoms with Crippen LogP contribution in [0.1, 0.15) is 23.6 Å². The Morgan fingerprint density at radius 2 is 1.85 bits per heavy atom. The summed E-state index contributed by atoms with van der Waals surface area (Å²) < 4.78 is 74.9. The van der Waals surface area contributed by atoms with Crippen molar-refractivity contribution in [3.05, 3.63) is 91.9 Å². The molecular formula is C24H19BrF3N3O7S. The lowest BCUT2D eigenvalue weighted by Gasteiger charge is -2.14. The molecule has 10 nitrogen and oxygen atoms in total. The first kappa shape index (κ1) is 29.6. The lowest BCUT2D eigenvalue weighted by Crippen LogP contribution is -2.20. The van der Waals surface area contributed by atoms with E-state index in [4.69, 9.17) is 8.92 Å². The van der Waals surface area contributed by atoms with Gasteiger partial charge in [0.05, 0.1) is 34.2 Å². The standard InChI is InChI=1S/C24H19BrF3N3O7S/c1-2-37-21-12-16(14-29-30-22(32)13-15-4-3-5-17(10-15)24(26,27)28)11-20(25)23(21)38-39(35,36)19-8-6-18(7-9-19)31(33)34/h3-12,14H,2,13H2,1H3,(H,30,32)/b29-14-. The van der Waals surface area contributed by atoms with Gasteiger partial charge in [0.1, 0.15) is 4.90 Å². The number of non-ortho nitro benzene ring substituents is 1. The highest BCUT2D eigenvalue weighted by Crippen LogP contribution is 2.38. The fraction of sp³-hybridized carbons (Fsp3) is 0.167. The molecule has 0 atom stereocenters. The smallest absolute Gasteiger partial charge is 0.416 e. The first-order chi connectivity index (χ1) is 18.3. The van der Waals surface area contributed by atoms with E-state index in [1.807, 2.05) is 0 Å². The Morgan fingerprint density at radius 3 is 2.46 bits per heavy atom. The number of halogens is 4. The molecule has 3 aromatic carbocycles. The summed E-state index contributed by atoms with van der Waals surface area (Å²) in [7, 11) is -4.40. The summed E-state index contributed by atoms with van der Waals surface area (Å²) in [5.41, 5.74) is 1.54. The van der Waals surface area contributed by atoms with Crippen molar-refractivity contribution in [1.29, 1.82) is 0 Å². The van der Waals surface area contributed by atoms with E-state index in [-0.39, 0.29) is 45.1 Å². The van der Waals surface area contributed by atoms with Crippen LogP contribution < -0.4 is 14.3 Å². The second kappa shape index (κ2) is 12.3. The quantitative estimate of drug-likeness (QED) is 0.140. The van der Waals surface area contributed by atoms with E-state index >= 15 is 0 Å². The number of nitrogens with one attached hydrogen (secondary N) is 1. The summed E-state index contributed by atoms with van der Waals surface area (Å²) in [5.74, 6) is -0.848. The maximum Gasteiger partial charge on any atom is 0.416 e. The van der Waals surface area contributed by atoms with E-state index in [1.54, 1.807) is 6.92 Å². The molecular weight excluding hydrogens is 611 g/mol. The third kappa shape index (κ3) is 8.00. The molecule has 0 aliphatic heterocycles. The number of nitro groups is 1. The molecule has 39 heavy (non-hydrogen) atoms. The van der Waals surface area contributed by atoms with E-state index in [0.717, 1.165) is 36.4 Å². The van der Waals surface area contributed by atoms with Crippen LogP contribution in [0.2, 0.25) is 0 Å². The van der Waals surface area contributed by atoms with Crippen molar-refractivity contribution < 1.29 is 40.2 Å². The molecule has 1 amide bonds. The predicted molar refractivity (Wildman–Crippen MR) is 137 cm³/mol. The van der Waals surface area contributed by atoms with Gasteiger partial charge >= 0.3 is 16.3 Å². The van der Waals surface area contributed by atoms with Gasteiger partial charge in [0.15, 0.2) is 11.5 Å². The highest BCUT2D eigenvalue weighted by molar-refractivity contribution is 9.10. The SMILES string of the molecule is CCOc1cc(/C=N\NC(=O)Cc2cccc(C(F)(F)F)c2)cc(Br)c1OS(=O)(=O)c1ccc([N+](=O)[O-])cc1. The Bertz CT molecular complexity index is 1510. The number of carbonyl (C=O) groups excluding carboxylic acids is 1. The molecule has 0 fully saturated rings. The fourth-order valence-corrected chi connectivity index (χ4v) is 4.76. The number of benzene rings is 3. The van der Waals surface area contributed by atoms with Crippen LogP contribution in [0.15, 0.2) is 75.1 Å². The summed E-state index contributed by atoms with van der Waals surface area (Å²) in [4.78, 5) is 22.0. The monoisotopic (exact) mass is 629 g/mol. The Morgan fingerprint density at radius 1 is 1.15 bits per heavy atom. The Balaban J connectivity index is 1.75. The normalized spacial score (nSPS) is 11.8. The van der Waals surface area contributed by atoms with Gasteiger partial charge in [0.25, 0.3) is 5.69 Å². The van der Waals surface area contributed by atoms with E-state index in [2.05, 4.69) is 26.5 Å². The van der Waals surface area contributed by atoms with Crippen LogP contribution in [0, 0.1) is 10.1 Å². The Labute approximate surface area is 228 Å². The van der Waals surface area contributed by atoms with Gasteiger partial charge in [-0.1, -0.05) is 18.2 Å². The number of carbonyl (C=O) groups is 1. The van der Waals surface area contributed by atoms with Crippen LogP contribution in [-0.4, -0.2) is 32.1 Å². The molecule has 0 bridgehead atoms. The average molecular weight is 630 g/mol. The van der Waals surface area contributed by atoms with Gasteiger partial charge in [-0.05, 0) is 64.3 Å². The largest absolute Gasteiger partial charge is 0.490 e. The minimum absolute atomic E-state index is 0.00843. The molecule has 0 aromatic heterocycles. The average Bonchev–Trinajstić information content (AvgIpc) is 2.86. The molecule has 0 radical (unpaired) electrons. The summed E-state index contributed by atoms with van der Waals surface area (Å²) >= 11 is 3.21. The Kier molecular flexibility index (Phi) is 9.29. The van der Waals surface area contributed by atoms with E-state index in [9.17, 15) is 36.5 Å². The van der Waals surface area contributed by atoms with Gasteiger partial charge in [0.2, 0.25) is 5.91 Å². The molecule has 206 valence electrons. The number of hydrogen-bond donors (Lipinski definition) is 1. The van der Waals surface area contributed by atoms with Gasteiger partial charge in [0, 0.05) is 12.1 Å². The summed E-state index contributed by atoms with van der Waals surface area (Å²) in [6.07, 6.45) is -3.66. The predicted octanol–water partition coefficient (Wildman–Crippen LogP) is 5.24. The van der Waals surface area contributed by atoms with Gasteiger partial charge in [-0.2, -0.15) is 26.7 Å². The molecule has 3 aromatic rings. The van der Waals surface area contributed by atoms with Crippen LogP contribution in [0.5, 0.6) is 11.5 Å². The fourth-order valence-electron chi connectivity index (χ4n) is 3.16. The van der Waals surface area contributed by atoms with Gasteiger partial charge in [-0.15, -0.1) is 0 Å². The highest BCUT2D eigenvalue weighted by atomic mass is 79.9. The zero-order valence-corrected chi connectivity index (χ0v) is 22.3. The van der Waals surface area contributed by atoms with Crippen molar-refractivity contribution in [1.82, 2.24) is 5.43 Å². The van der Waals surface area contributed by atoms with Gasteiger partial charge < -0.3 is 8.92 Å². The van der Waals surface area contributed by atoms with E-state index < -0.39 is 32.7 Å². The first-order valence-corrected chi connectivity index (χ1v) is 13.1. The third-order valence-electron chi connectivity index (χ3n) is 4.88. The number of rotatable bonds is 10. The van der Waals surface area contributed by atoms with Crippen molar-refractivity contribution in [2.45, 2.75) is 24.4 Å². The number of nitro benzene ring substituents is 1. The van der Waals surface area contributed by atoms with E-state index in [0.29, 0.717) is 5.56 Å². The molecule has 15 heteroatoms. The van der Waals surface area contributed by atoms with Crippen LogP contribution in [0.3, 0.4) is 0 Å². The molecule has 0 aliphatic carbocycles. The number of alkyl halides is 3. The number of amides is 1. The Hall–Kier alpha value is -3.98. The van der Waals surface area contributed by atoms with Gasteiger partial charge in [-0.25, -0.2) is 5.43 Å². The minimum Gasteiger partial charge on any atom is -0.490 e. The molecule has 1 N–H and O–H groups in total. The topological polar surface area (TPSA) is 137 Å². The van der Waals surface area contributed by atoms with Crippen LogP contribution in [0.4, 0.5) is 18.9 Å². The van der Waals surface area contributed by atoms with Gasteiger partial charge in [-0.3, -0.25) is 14.9 Å². The van der Waals surface area contributed by atoms with Crippen molar-refractivity contribution >= 4 is 43.9 Å². The van der Waals surface area contributed by atoms with Crippen molar-refractivity contribution in [2.24, 2.45) is 5.10 Å². The summed E-state index contributed by atoms with van der Waals surface area (Å²) in [5, 5.41) is 14.6. The maximum atomic E-state index is 12.9. The highest BCUT2D eigenvalue weighted by Gasteiger charge is 2.30. The lowest BCUT2D eigenvalue weighted by atomic mass is 10.1. The number of nitrogens with zero attached hydrogens (tertiary/aromatic N) is 2. The second-order valence-electron chi connectivity index (χ2n) is 7.72. The molecule has 0 saturated heterocycles. The maximum absolute atomic E-state index is 12.9. The molecule has 0 aliphatic rings.